The molecule has 0 bridgehead atoms. The zero-order valence-corrected chi connectivity index (χ0v) is 19.3. The van der Waals surface area contributed by atoms with E-state index in [1.165, 1.54) is 23.0 Å². The van der Waals surface area contributed by atoms with E-state index in [-0.39, 0.29) is 11.4 Å². The number of amides is 1. The number of halogens is 1. The van der Waals surface area contributed by atoms with Gasteiger partial charge in [-0.25, -0.2) is 0 Å². The van der Waals surface area contributed by atoms with Gasteiger partial charge in [0.15, 0.2) is 0 Å². The van der Waals surface area contributed by atoms with Gasteiger partial charge in [0.1, 0.15) is 4.32 Å². The molecule has 1 saturated heterocycles. The number of thiocarbonyl (C=S) groups is 1. The molecule has 3 nitrogen and oxygen atoms in total. The fourth-order valence-electron chi connectivity index (χ4n) is 4.21. The summed E-state index contributed by atoms with van der Waals surface area (Å²) in [5.41, 5.74) is 3.49. The van der Waals surface area contributed by atoms with Crippen LogP contribution in [-0.4, -0.2) is 33.8 Å². The van der Waals surface area contributed by atoms with Crippen molar-refractivity contribution in [1.29, 1.82) is 0 Å². The third-order valence-electron chi connectivity index (χ3n) is 5.42. The van der Waals surface area contributed by atoms with Gasteiger partial charge in [0, 0.05) is 29.3 Å². The van der Waals surface area contributed by atoms with Gasteiger partial charge >= 0.3 is 0 Å². The largest absolute Gasteiger partial charge is 0.366 e. The Hall–Kier alpha value is -1.30. The molecule has 1 unspecified atom stereocenters. The Bertz CT molecular complexity index is 862. The van der Waals surface area contributed by atoms with Gasteiger partial charge in [-0.2, -0.15) is 0 Å². The third-order valence-corrected chi connectivity index (χ3v) is 7.13. The van der Waals surface area contributed by atoms with E-state index in [1.807, 2.05) is 6.08 Å². The predicted octanol–water partition coefficient (Wildman–Crippen LogP) is 6.23. The molecule has 2 heterocycles. The van der Waals surface area contributed by atoms with E-state index in [2.05, 4.69) is 51.3 Å². The van der Waals surface area contributed by atoms with Crippen molar-refractivity contribution in [2.24, 2.45) is 0 Å². The number of rotatable bonds is 5. The lowest BCUT2D eigenvalue weighted by Gasteiger charge is -2.47. The molecule has 6 heteroatoms. The summed E-state index contributed by atoms with van der Waals surface area (Å²) < 4.78 is 0.564. The van der Waals surface area contributed by atoms with Crippen LogP contribution in [0.1, 0.15) is 57.6 Å². The van der Waals surface area contributed by atoms with E-state index in [1.54, 1.807) is 11.0 Å². The normalized spacial score (nSPS) is 22.8. The molecule has 1 atom stereocenters. The molecule has 0 aromatic heterocycles. The van der Waals surface area contributed by atoms with Crippen molar-refractivity contribution >= 4 is 57.6 Å². The maximum absolute atomic E-state index is 12.6. The van der Waals surface area contributed by atoms with Gasteiger partial charge in [-0.05, 0) is 61.9 Å². The number of hydrogen-bond donors (Lipinski definition) is 0. The highest BCUT2D eigenvalue weighted by Gasteiger charge is 2.36. The highest BCUT2D eigenvalue weighted by Crippen LogP contribution is 2.46. The first-order valence-electron chi connectivity index (χ1n) is 9.67. The van der Waals surface area contributed by atoms with Crippen LogP contribution in [-0.2, 0) is 4.79 Å². The zero-order chi connectivity index (χ0) is 20.6. The van der Waals surface area contributed by atoms with Crippen molar-refractivity contribution in [3.8, 4) is 0 Å². The van der Waals surface area contributed by atoms with Gasteiger partial charge in [-0.1, -0.05) is 55.5 Å². The summed E-state index contributed by atoms with van der Waals surface area (Å²) in [6.45, 7) is 14.2. The van der Waals surface area contributed by atoms with Crippen molar-refractivity contribution in [2.75, 3.05) is 18.0 Å². The minimum atomic E-state index is -0.0783. The SMILES string of the molecule is C=CCN1C(=O)/C(=C\c2cc3c(cc2Cl)N(CCC)C(C)(C)CC3C)SC1=S. The number of hydrogen-bond acceptors (Lipinski definition) is 4. The monoisotopic (exact) mass is 434 g/mol. The van der Waals surface area contributed by atoms with Crippen LogP contribution < -0.4 is 4.90 Å². The first-order chi connectivity index (χ1) is 13.2. The summed E-state index contributed by atoms with van der Waals surface area (Å²) in [5.74, 6) is 0.350. The number of benzene rings is 1. The van der Waals surface area contributed by atoms with Crippen LogP contribution >= 0.6 is 35.6 Å². The van der Waals surface area contributed by atoms with Gasteiger partial charge in [-0.3, -0.25) is 9.69 Å². The van der Waals surface area contributed by atoms with Crippen LogP contribution in [0.4, 0.5) is 5.69 Å². The fourth-order valence-corrected chi connectivity index (χ4v) is 5.68. The summed E-state index contributed by atoms with van der Waals surface area (Å²) in [7, 11) is 0. The number of thioether (sulfide) groups is 1. The molecule has 150 valence electrons. The first kappa shape index (κ1) is 21.4. The molecule has 2 aliphatic rings. The Balaban J connectivity index is 2.02. The van der Waals surface area contributed by atoms with Crippen molar-refractivity contribution in [3.63, 3.8) is 0 Å². The summed E-state index contributed by atoms with van der Waals surface area (Å²) in [5, 5.41) is 0.666. The molecule has 1 aromatic carbocycles. The van der Waals surface area contributed by atoms with Gasteiger partial charge in [0.05, 0.1) is 4.91 Å². The topological polar surface area (TPSA) is 23.6 Å². The molecule has 0 aliphatic carbocycles. The number of fused-ring (bicyclic) bond motifs is 1. The quantitative estimate of drug-likeness (QED) is 0.311. The molecule has 1 amide bonds. The lowest BCUT2D eigenvalue weighted by atomic mass is 9.79. The number of nitrogens with zero attached hydrogens (tertiary/aromatic N) is 2. The highest BCUT2D eigenvalue weighted by atomic mass is 35.5. The lowest BCUT2D eigenvalue weighted by Crippen LogP contribution is -2.48. The molecule has 2 aliphatic heterocycles. The van der Waals surface area contributed by atoms with Gasteiger partial charge in [-0.15, -0.1) is 6.58 Å². The standard InChI is InChI=1S/C22H27ClN2OS2/c1-6-8-24-20(26)19(28-21(24)27)11-15-10-16-14(3)13-22(4,5)25(9-7-2)18(16)12-17(15)23/h6,10-12,14H,1,7-9,13H2,2-5H3/b19-11+. The van der Waals surface area contributed by atoms with E-state index in [4.69, 9.17) is 23.8 Å². The maximum Gasteiger partial charge on any atom is 0.266 e. The van der Waals surface area contributed by atoms with E-state index in [0.29, 0.717) is 26.7 Å². The van der Waals surface area contributed by atoms with E-state index in [0.717, 1.165) is 24.9 Å². The van der Waals surface area contributed by atoms with Crippen LogP contribution in [0.25, 0.3) is 6.08 Å². The van der Waals surface area contributed by atoms with Crippen LogP contribution in [0.15, 0.2) is 29.7 Å². The van der Waals surface area contributed by atoms with Crippen LogP contribution in [0.5, 0.6) is 0 Å². The number of carbonyl (C=O) groups is 1. The van der Waals surface area contributed by atoms with E-state index in [9.17, 15) is 4.79 Å². The Morgan fingerprint density at radius 3 is 2.79 bits per heavy atom. The molecule has 0 spiro atoms. The van der Waals surface area contributed by atoms with Crippen molar-refractivity contribution in [2.45, 2.75) is 52.0 Å². The van der Waals surface area contributed by atoms with Crippen LogP contribution in [0, 0.1) is 0 Å². The second-order valence-electron chi connectivity index (χ2n) is 8.08. The first-order valence-corrected chi connectivity index (χ1v) is 11.3. The molecule has 28 heavy (non-hydrogen) atoms. The van der Waals surface area contributed by atoms with Crippen molar-refractivity contribution in [3.05, 3.63) is 45.8 Å². The second kappa shape index (κ2) is 8.21. The number of carbonyl (C=O) groups excluding carboxylic acids is 1. The minimum absolute atomic E-state index is 0.0783. The molecule has 0 N–H and O–H groups in total. The lowest BCUT2D eigenvalue weighted by molar-refractivity contribution is -0.121. The Labute approximate surface area is 182 Å². The Kier molecular flexibility index (Phi) is 6.28. The van der Waals surface area contributed by atoms with Crippen LogP contribution in [0.3, 0.4) is 0 Å². The zero-order valence-electron chi connectivity index (χ0n) is 16.9. The minimum Gasteiger partial charge on any atom is -0.366 e. The van der Waals surface area contributed by atoms with Gasteiger partial charge in [0.2, 0.25) is 0 Å². The third kappa shape index (κ3) is 3.89. The average molecular weight is 435 g/mol. The molecular weight excluding hydrogens is 408 g/mol. The van der Waals surface area contributed by atoms with Gasteiger partial charge < -0.3 is 4.90 Å². The highest BCUT2D eigenvalue weighted by molar-refractivity contribution is 8.26. The summed E-state index contributed by atoms with van der Waals surface area (Å²) in [4.78, 5) is 17.3. The number of anilines is 1. The van der Waals surface area contributed by atoms with E-state index < -0.39 is 0 Å². The van der Waals surface area contributed by atoms with Crippen molar-refractivity contribution in [1.82, 2.24) is 4.90 Å². The second-order valence-corrected chi connectivity index (χ2v) is 10.2. The Morgan fingerprint density at radius 2 is 2.14 bits per heavy atom. The molecule has 0 radical (unpaired) electrons. The molecule has 1 aromatic rings. The van der Waals surface area contributed by atoms with Crippen LogP contribution in [0.2, 0.25) is 5.02 Å². The molecule has 3 rings (SSSR count). The molecular formula is C22H27ClN2OS2. The predicted molar refractivity (Wildman–Crippen MR) is 126 cm³/mol. The smallest absolute Gasteiger partial charge is 0.266 e. The van der Waals surface area contributed by atoms with Crippen molar-refractivity contribution < 1.29 is 4.79 Å². The van der Waals surface area contributed by atoms with E-state index >= 15 is 0 Å². The molecule has 0 saturated carbocycles. The summed E-state index contributed by atoms with van der Waals surface area (Å²) in [6, 6.07) is 4.22. The summed E-state index contributed by atoms with van der Waals surface area (Å²) in [6.07, 6.45) is 5.73. The Morgan fingerprint density at radius 1 is 1.43 bits per heavy atom. The average Bonchev–Trinajstić information content (AvgIpc) is 2.87. The maximum atomic E-state index is 12.6. The van der Waals surface area contributed by atoms with Gasteiger partial charge in [0.25, 0.3) is 5.91 Å². The molecule has 1 fully saturated rings. The summed E-state index contributed by atoms with van der Waals surface area (Å²) >= 11 is 13.3. The fraction of sp³-hybridized carbons (Fsp3) is 0.455.